The van der Waals surface area contributed by atoms with E-state index in [0.29, 0.717) is 6.42 Å². The van der Waals surface area contributed by atoms with Crippen LogP contribution in [0.2, 0.25) is 0 Å². The van der Waals surface area contributed by atoms with Crippen molar-refractivity contribution in [3.8, 4) is 0 Å². The van der Waals surface area contributed by atoms with Crippen LogP contribution >= 0.6 is 25.5 Å². The van der Waals surface area contributed by atoms with Gasteiger partial charge in [-0.2, -0.15) is 0 Å². The molecule has 0 aliphatic heterocycles. The first-order valence-corrected chi connectivity index (χ1v) is 17.1. The van der Waals surface area contributed by atoms with Gasteiger partial charge in [0.2, 0.25) is 0 Å². The summed E-state index contributed by atoms with van der Waals surface area (Å²) in [5.41, 5.74) is 1.55. The number of rotatable bonds is 4. The van der Waals surface area contributed by atoms with Crippen LogP contribution in [-0.4, -0.2) is 10.1 Å². The van der Waals surface area contributed by atoms with Gasteiger partial charge in [0.1, 0.15) is 5.60 Å². The van der Waals surface area contributed by atoms with Crippen molar-refractivity contribution in [3.05, 3.63) is 102 Å². The number of nitrogens with zero attached hydrogens (tertiary/aromatic N) is 1. The molecule has 0 fully saturated rings. The van der Waals surface area contributed by atoms with E-state index in [2.05, 4.69) is 4.98 Å². The fourth-order valence-corrected chi connectivity index (χ4v) is 2.56. The summed E-state index contributed by atoms with van der Waals surface area (Å²) in [6.07, 6.45) is 2.20. The van der Waals surface area contributed by atoms with Crippen molar-refractivity contribution in [1.82, 2.24) is 4.98 Å². The molecule has 0 aliphatic rings. The van der Waals surface area contributed by atoms with Gasteiger partial charge in [0, 0.05) is 18.3 Å². The van der Waals surface area contributed by atoms with E-state index in [1.54, 1.807) is 6.20 Å². The number of hydrogen-bond acceptors (Lipinski definition) is 2. The molecule has 0 radical (unpaired) electrons. The van der Waals surface area contributed by atoms with Crippen molar-refractivity contribution in [1.29, 1.82) is 0 Å². The van der Waals surface area contributed by atoms with Crippen LogP contribution < -0.4 is 0 Å². The minimum absolute atomic E-state index is 0.446. The van der Waals surface area contributed by atoms with E-state index in [-0.39, 0.29) is 0 Å². The fraction of sp³-hybridized carbons (Fsp3) is 0.105. The average Bonchev–Trinajstić information content (AvgIpc) is 2.63. The minimum atomic E-state index is -2.13. The molecular formula is C19H17Cl3NOZr. The van der Waals surface area contributed by atoms with E-state index in [1.165, 1.54) is 0 Å². The van der Waals surface area contributed by atoms with Crippen molar-refractivity contribution in [2.24, 2.45) is 0 Å². The first-order valence-electron chi connectivity index (χ1n) is 7.59. The van der Waals surface area contributed by atoms with Crippen LogP contribution in [0.1, 0.15) is 16.8 Å². The van der Waals surface area contributed by atoms with Gasteiger partial charge in [0.25, 0.3) is 0 Å². The molecule has 0 aliphatic carbocycles. The van der Waals surface area contributed by atoms with Crippen LogP contribution in [0.3, 0.4) is 0 Å². The van der Waals surface area contributed by atoms with Gasteiger partial charge in [-0.05, 0) is 23.3 Å². The molecule has 0 unspecified atom stereocenters. The molecule has 0 saturated carbocycles. The molecule has 1 N–H and O–H groups in total. The van der Waals surface area contributed by atoms with Gasteiger partial charge >= 0.3 is 43.7 Å². The predicted molar refractivity (Wildman–Crippen MR) is 101 cm³/mol. The van der Waals surface area contributed by atoms with Crippen molar-refractivity contribution >= 4 is 25.5 Å². The number of halogens is 3. The average molecular weight is 473 g/mol. The predicted octanol–water partition coefficient (Wildman–Crippen LogP) is 5.63. The third kappa shape index (κ3) is 6.51. The van der Waals surface area contributed by atoms with E-state index in [9.17, 15) is 5.11 Å². The van der Waals surface area contributed by atoms with Gasteiger partial charge in [0.05, 0.1) is 0 Å². The van der Waals surface area contributed by atoms with E-state index >= 15 is 0 Å². The van der Waals surface area contributed by atoms with Crippen LogP contribution in [0, 0.1) is 0 Å². The Balaban J connectivity index is 0.000000511. The molecule has 25 heavy (non-hydrogen) atoms. The van der Waals surface area contributed by atoms with Crippen molar-refractivity contribution in [2.45, 2.75) is 12.0 Å². The van der Waals surface area contributed by atoms with E-state index < -0.39 is 23.8 Å². The summed E-state index contributed by atoms with van der Waals surface area (Å²) < 4.78 is 0. The van der Waals surface area contributed by atoms with Crippen molar-refractivity contribution in [2.75, 3.05) is 0 Å². The Kier molecular flexibility index (Phi) is 8.62. The Morgan fingerprint density at radius 2 is 1.20 bits per heavy atom. The summed E-state index contributed by atoms with van der Waals surface area (Å²) in [6, 6.07) is 25.3. The van der Waals surface area contributed by atoms with E-state index in [4.69, 9.17) is 25.5 Å². The Hall–Kier alpha value is -0.697. The van der Waals surface area contributed by atoms with Gasteiger partial charge in [-0.25, -0.2) is 0 Å². The maximum atomic E-state index is 11.4. The van der Waals surface area contributed by atoms with Crippen LogP contribution in [0.4, 0.5) is 0 Å². The number of aromatic nitrogens is 1. The third-order valence-electron chi connectivity index (χ3n) is 3.67. The number of benzene rings is 2. The number of pyridine rings is 1. The molecule has 0 spiro atoms. The van der Waals surface area contributed by atoms with Gasteiger partial charge in [-0.3, -0.25) is 4.98 Å². The molecule has 1 heterocycles. The normalized spacial score (nSPS) is 10.6. The molecule has 3 rings (SSSR count). The van der Waals surface area contributed by atoms with Crippen molar-refractivity contribution < 1.29 is 23.3 Å². The Labute approximate surface area is 166 Å². The Bertz CT molecular complexity index is 700. The fourth-order valence-electron chi connectivity index (χ4n) is 2.56. The molecule has 0 amide bonds. The van der Waals surface area contributed by atoms with E-state index in [0.717, 1.165) is 16.8 Å². The zero-order chi connectivity index (χ0) is 18.1. The molecule has 3 aromatic rings. The van der Waals surface area contributed by atoms with Crippen LogP contribution in [0.5, 0.6) is 0 Å². The molecule has 2 nitrogen and oxygen atoms in total. The quantitative estimate of drug-likeness (QED) is 0.534. The zero-order valence-electron chi connectivity index (χ0n) is 13.3. The molecule has 0 saturated heterocycles. The standard InChI is InChI=1S/C19H17NO.3ClH.Zr/c21-19(16-9-3-1-4-10-16,17-11-5-2-6-12-17)15-18-13-7-8-14-20-18;;;;/h1-14,21H,15H2;3*1H;/q;;;;+3/p-3. The molecule has 0 bridgehead atoms. The summed E-state index contributed by atoms with van der Waals surface area (Å²) in [7, 11) is 15.0. The maximum absolute atomic E-state index is 11.4. The van der Waals surface area contributed by atoms with Gasteiger partial charge in [-0.15, -0.1) is 0 Å². The second-order valence-electron chi connectivity index (χ2n) is 5.30. The first kappa shape index (κ1) is 20.6. The second-order valence-corrected chi connectivity index (χ2v) is 16.5. The van der Waals surface area contributed by atoms with Crippen molar-refractivity contribution in [3.63, 3.8) is 0 Å². The molecule has 0 atom stereocenters. The first-order chi connectivity index (χ1) is 12.0. The van der Waals surface area contributed by atoms with Crippen LogP contribution in [0.15, 0.2) is 85.1 Å². The monoisotopic (exact) mass is 470 g/mol. The topological polar surface area (TPSA) is 33.1 Å². The zero-order valence-corrected chi connectivity index (χ0v) is 18.0. The molecule has 1 aromatic heterocycles. The summed E-state index contributed by atoms with van der Waals surface area (Å²) in [6.45, 7) is 0. The summed E-state index contributed by atoms with van der Waals surface area (Å²) in [4.78, 5) is 4.35. The second kappa shape index (κ2) is 10.5. The summed E-state index contributed by atoms with van der Waals surface area (Å²) >= 11 is -2.13. The Morgan fingerprint density at radius 3 is 1.60 bits per heavy atom. The molecule has 6 heteroatoms. The van der Waals surface area contributed by atoms with Gasteiger partial charge < -0.3 is 5.11 Å². The van der Waals surface area contributed by atoms with Crippen LogP contribution in [-0.2, 0) is 30.2 Å². The van der Waals surface area contributed by atoms with Gasteiger partial charge in [-0.1, -0.05) is 66.7 Å². The third-order valence-corrected chi connectivity index (χ3v) is 3.67. The summed E-state index contributed by atoms with van der Waals surface area (Å²) in [5, 5.41) is 11.4. The molecule has 129 valence electrons. The molecule has 2 aromatic carbocycles. The van der Waals surface area contributed by atoms with E-state index in [1.807, 2.05) is 78.9 Å². The Morgan fingerprint density at radius 1 is 0.760 bits per heavy atom. The molecular weight excluding hydrogens is 456 g/mol. The van der Waals surface area contributed by atoms with Gasteiger partial charge in [0.15, 0.2) is 0 Å². The number of aliphatic hydroxyl groups is 1. The summed E-state index contributed by atoms with van der Waals surface area (Å²) in [5.74, 6) is 0. The number of hydrogen-bond donors (Lipinski definition) is 1. The SMILES string of the molecule is OC(Cc1ccccn1)(c1ccccc1)c1ccccc1.[Cl][Zr]([Cl])[Cl]. The van der Waals surface area contributed by atoms with Crippen LogP contribution in [0.25, 0.3) is 0 Å².